The average molecular weight is 337 g/mol. The van der Waals surface area contributed by atoms with Crippen LogP contribution in [0.15, 0.2) is 28.7 Å². The zero-order valence-corrected chi connectivity index (χ0v) is 13.1. The first-order valence-electron chi connectivity index (χ1n) is 6.36. The summed E-state index contributed by atoms with van der Waals surface area (Å²) in [5.41, 5.74) is 4.44. The Kier molecular flexibility index (Phi) is 4.92. The molecule has 1 aromatic heterocycles. The molecule has 1 heterocycles. The summed E-state index contributed by atoms with van der Waals surface area (Å²) in [7, 11) is 0. The highest BCUT2D eigenvalue weighted by Gasteiger charge is 2.11. The van der Waals surface area contributed by atoms with Crippen molar-refractivity contribution >= 4 is 21.7 Å². The Morgan fingerprint density at radius 1 is 1.30 bits per heavy atom. The maximum Gasteiger partial charge on any atom is 0.222 e. The van der Waals surface area contributed by atoms with E-state index in [9.17, 15) is 0 Å². The van der Waals surface area contributed by atoms with E-state index < -0.39 is 0 Å². The van der Waals surface area contributed by atoms with E-state index in [0.717, 1.165) is 22.0 Å². The number of nitrogens with one attached hydrogen (secondary N) is 1. The highest BCUT2D eigenvalue weighted by molar-refractivity contribution is 9.10. The van der Waals surface area contributed by atoms with Gasteiger partial charge in [-0.1, -0.05) is 41.1 Å². The van der Waals surface area contributed by atoms with Crippen LogP contribution in [-0.4, -0.2) is 9.97 Å². The molecule has 0 saturated heterocycles. The van der Waals surface area contributed by atoms with Crippen molar-refractivity contribution in [1.82, 2.24) is 9.97 Å². The molecule has 0 amide bonds. The van der Waals surface area contributed by atoms with Crippen LogP contribution < -0.4 is 16.0 Å². The van der Waals surface area contributed by atoms with Gasteiger partial charge in [-0.15, -0.1) is 0 Å². The van der Waals surface area contributed by atoms with Gasteiger partial charge in [-0.25, -0.2) is 10.8 Å². The van der Waals surface area contributed by atoms with Gasteiger partial charge >= 0.3 is 0 Å². The molecule has 1 aromatic carbocycles. The van der Waals surface area contributed by atoms with Gasteiger partial charge in [0.25, 0.3) is 0 Å². The average Bonchev–Trinajstić information content (AvgIpc) is 2.47. The van der Waals surface area contributed by atoms with Crippen molar-refractivity contribution in [3.63, 3.8) is 0 Å². The Balaban J connectivity index is 2.23. The number of ether oxygens (including phenoxy) is 1. The van der Waals surface area contributed by atoms with Gasteiger partial charge in [0, 0.05) is 16.5 Å². The Morgan fingerprint density at radius 3 is 2.70 bits per heavy atom. The first-order valence-corrected chi connectivity index (χ1v) is 7.15. The van der Waals surface area contributed by atoms with Crippen LogP contribution in [0.25, 0.3) is 0 Å². The van der Waals surface area contributed by atoms with E-state index in [-0.39, 0.29) is 0 Å². The van der Waals surface area contributed by atoms with Crippen LogP contribution in [-0.2, 0) is 13.0 Å². The van der Waals surface area contributed by atoms with E-state index in [0.29, 0.717) is 24.1 Å². The molecule has 0 atom stereocenters. The zero-order valence-electron chi connectivity index (χ0n) is 11.5. The molecule has 0 aliphatic carbocycles. The monoisotopic (exact) mass is 336 g/mol. The summed E-state index contributed by atoms with van der Waals surface area (Å²) >= 11 is 3.50. The SMILES string of the molecule is CCc1nc(NN)c(C)c(OCc2ccccc2Br)n1. The van der Waals surface area contributed by atoms with Crippen LogP contribution in [0.2, 0.25) is 0 Å². The maximum atomic E-state index is 5.81. The van der Waals surface area contributed by atoms with E-state index in [1.54, 1.807) is 0 Å². The Labute approximate surface area is 126 Å². The zero-order chi connectivity index (χ0) is 14.5. The van der Waals surface area contributed by atoms with Gasteiger partial charge in [-0.3, -0.25) is 0 Å². The summed E-state index contributed by atoms with van der Waals surface area (Å²) < 4.78 is 6.83. The van der Waals surface area contributed by atoms with Crippen molar-refractivity contribution < 1.29 is 4.74 Å². The molecule has 0 saturated carbocycles. The number of anilines is 1. The van der Waals surface area contributed by atoms with Crippen LogP contribution in [0, 0.1) is 6.92 Å². The molecule has 2 rings (SSSR count). The second kappa shape index (κ2) is 6.67. The van der Waals surface area contributed by atoms with Crippen molar-refractivity contribution in [3.8, 4) is 5.88 Å². The van der Waals surface area contributed by atoms with Gasteiger partial charge in [0.05, 0.1) is 5.56 Å². The second-order valence-corrected chi connectivity index (χ2v) is 5.15. The van der Waals surface area contributed by atoms with E-state index in [4.69, 9.17) is 10.6 Å². The minimum atomic E-state index is 0.437. The van der Waals surface area contributed by atoms with Crippen molar-refractivity contribution in [2.45, 2.75) is 26.9 Å². The molecule has 0 bridgehead atoms. The highest BCUT2D eigenvalue weighted by Crippen LogP contribution is 2.24. The normalized spacial score (nSPS) is 10.4. The number of rotatable bonds is 5. The number of nitrogens with two attached hydrogens (primary N) is 1. The van der Waals surface area contributed by atoms with Gasteiger partial charge in [0.1, 0.15) is 18.2 Å². The fraction of sp³-hybridized carbons (Fsp3) is 0.286. The summed E-state index contributed by atoms with van der Waals surface area (Å²) in [5, 5.41) is 0. The Morgan fingerprint density at radius 2 is 2.05 bits per heavy atom. The minimum Gasteiger partial charge on any atom is -0.472 e. The van der Waals surface area contributed by atoms with Crippen molar-refractivity contribution in [2.75, 3.05) is 5.43 Å². The van der Waals surface area contributed by atoms with Crippen LogP contribution in [0.1, 0.15) is 23.9 Å². The summed E-state index contributed by atoms with van der Waals surface area (Å²) in [4.78, 5) is 8.71. The molecule has 6 heteroatoms. The number of hydrogen-bond acceptors (Lipinski definition) is 5. The predicted molar refractivity (Wildman–Crippen MR) is 82.4 cm³/mol. The largest absolute Gasteiger partial charge is 0.472 e. The molecule has 20 heavy (non-hydrogen) atoms. The summed E-state index contributed by atoms with van der Waals surface area (Å²) in [6.45, 7) is 4.30. The van der Waals surface area contributed by atoms with Gasteiger partial charge < -0.3 is 10.2 Å². The minimum absolute atomic E-state index is 0.437. The first-order chi connectivity index (χ1) is 9.65. The first kappa shape index (κ1) is 14.7. The molecule has 0 unspecified atom stereocenters. The number of nitrogen functional groups attached to an aromatic ring is 1. The van der Waals surface area contributed by atoms with E-state index in [1.165, 1.54) is 0 Å². The molecule has 0 fully saturated rings. The van der Waals surface area contributed by atoms with Crippen molar-refractivity contribution in [2.24, 2.45) is 5.84 Å². The Hall–Kier alpha value is -1.66. The van der Waals surface area contributed by atoms with Crippen molar-refractivity contribution in [1.29, 1.82) is 0 Å². The molecule has 0 spiro atoms. The lowest BCUT2D eigenvalue weighted by atomic mass is 10.2. The summed E-state index contributed by atoms with van der Waals surface area (Å²) in [6, 6.07) is 7.93. The molecule has 2 aromatic rings. The van der Waals surface area contributed by atoms with Gasteiger partial charge in [0.2, 0.25) is 5.88 Å². The third-order valence-electron chi connectivity index (χ3n) is 2.92. The number of halogens is 1. The Bertz CT molecular complexity index is 604. The van der Waals surface area contributed by atoms with E-state index in [1.807, 2.05) is 38.1 Å². The van der Waals surface area contributed by atoms with E-state index >= 15 is 0 Å². The van der Waals surface area contributed by atoms with Crippen LogP contribution in [0.3, 0.4) is 0 Å². The quantitative estimate of drug-likeness (QED) is 0.648. The molecule has 5 nitrogen and oxygen atoms in total. The summed E-state index contributed by atoms with van der Waals surface area (Å²) in [6.07, 6.45) is 0.723. The molecule has 106 valence electrons. The third kappa shape index (κ3) is 3.26. The second-order valence-electron chi connectivity index (χ2n) is 4.30. The fourth-order valence-electron chi connectivity index (χ4n) is 1.74. The van der Waals surface area contributed by atoms with Crippen LogP contribution in [0.4, 0.5) is 5.82 Å². The molecule has 0 radical (unpaired) electrons. The number of nitrogens with zero attached hydrogens (tertiary/aromatic N) is 2. The molecular formula is C14H17BrN4O. The molecular weight excluding hydrogens is 320 g/mol. The molecule has 0 aliphatic heterocycles. The van der Waals surface area contributed by atoms with Gasteiger partial charge in [-0.2, -0.15) is 4.98 Å². The van der Waals surface area contributed by atoms with E-state index in [2.05, 4.69) is 31.3 Å². The lowest BCUT2D eigenvalue weighted by Crippen LogP contribution is -2.13. The molecule has 0 aliphatic rings. The number of aromatic nitrogens is 2. The van der Waals surface area contributed by atoms with Crippen molar-refractivity contribution in [3.05, 3.63) is 45.7 Å². The van der Waals surface area contributed by atoms with Crippen LogP contribution >= 0.6 is 15.9 Å². The topological polar surface area (TPSA) is 73.1 Å². The predicted octanol–water partition coefficient (Wildman–Crippen LogP) is 2.97. The van der Waals surface area contributed by atoms with Crippen LogP contribution in [0.5, 0.6) is 5.88 Å². The lowest BCUT2D eigenvalue weighted by molar-refractivity contribution is 0.289. The summed E-state index contributed by atoms with van der Waals surface area (Å²) in [5.74, 6) is 7.32. The fourth-order valence-corrected chi connectivity index (χ4v) is 2.14. The van der Waals surface area contributed by atoms with Gasteiger partial charge in [0.15, 0.2) is 0 Å². The lowest BCUT2D eigenvalue weighted by Gasteiger charge is -2.13. The third-order valence-corrected chi connectivity index (χ3v) is 3.70. The number of hydrogen-bond donors (Lipinski definition) is 2. The number of aryl methyl sites for hydroxylation is 1. The molecule has 3 N–H and O–H groups in total. The number of benzene rings is 1. The number of hydrazine groups is 1. The van der Waals surface area contributed by atoms with Gasteiger partial charge in [-0.05, 0) is 13.0 Å². The standard InChI is InChI=1S/C14H17BrN4O/c1-3-12-17-13(19-16)9(2)14(18-12)20-8-10-6-4-5-7-11(10)15/h4-7H,3,8,16H2,1-2H3,(H,17,18,19). The highest BCUT2D eigenvalue weighted by atomic mass is 79.9. The smallest absolute Gasteiger partial charge is 0.222 e. The maximum absolute atomic E-state index is 5.81.